The molecule has 1 aromatic carbocycles. The van der Waals surface area contributed by atoms with Crippen LogP contribution in [-0.2, 0) is 16.0 Å². The van der Waals surface area contributed by atoms with Crippen molar-refractivity contribution in [3.63, 3.8) is 0 Å². The van der Waals surface area contributed by atoms with Crippen LogP contribution in [0.25, 0.3) is 5.69 Å². The molecule has 2 aromatic rings. The molecule has 26 heavy (non-hydrogen) atoms. The second kappa shape index (κ2) is 8.80. The van der Waals surface area contributed by atoms with E-state index in [9.17, 15) is 19.5 Å². The maximum absolute atomic E-state index is 12.6. The monoisotopic (exact) mass is 358 g/mol. The Bertz CT molecular complexity index is 786. The average Bonchev–Trinajstić information content (AvgIpc) is 3.03. The van der Waals surface area contributed by atoms with Gasteiger partial charge in [0.25, 0.3) is 5.91 Å². The van der Waals surface area contributed by atoms with E-state index in [-0.39, 0.29) is 12.8 Å². The Balaban J connectivity index is 2.26. The second-order valence-corrected chi connectivity index (χ2v) is 5.87. The number of para-hydroxylation sites is 1. The van der Waals surface area contributed by atoms with Crippen LogP contribution in [0.2, 0.25) is 0 Å². The summed E-state index contributed by atoms with van der Waals surface area (Å²) >= 11 is 0. The summed E-state index contributed by atoms with van der Waals surface area (Å²) in [6, 6.07) is 8.19. The van der Waals surface area contributed by atoms with Crippen LogP contribution in [0.15, 0.2) is 36.5 Å². The van der Waals surface area contributed by atoms with E-state index >= 15 is 0 Å². The number of aliphatic carboxylic acids is 1. The number of amides is 2. The number of hydrogen-bond donors (Lipinski definition) is 3. The fourth-order valence-corrected chi connectivity index (χ4v) is 2.61. The molecule has 0 spiro atoms. The lowest BCUT2D eigenvalue weighted by molar-refractivity contribution is -0.139. The highest BCUT2D eigenvalue weighted by atomic mass is 16.4. The van der Waals surface area contributed by atoms with E-state index < -0.39 is 23.8 Å². The molecular formula is C18H22N4O4. The van der Waals surface area contributed by atoms with Crippen molar-refractivity contribution in [3.8, 4) is 5.69 Å². The van der Waals surface area contributed by atoms with Gasteiger partial charge >= 0.3 is 5.97 Å². The minimum atomic E-state index is -1.22. The zero-order valence-electron chi connectivity index (χ0n) is 14.5. The predicted octanol–water partition coefficient (Wildman–Crippen LogP) is 1.27. The molecule has 0 bridgehead atoms. The van der Waals surface area contributed by atoms with E-state index in [1.165, 1.54) is 6.20 Å². The van der Waals surface area contributed by atoms with Crippen molar-refractivity contribution in [3.05, 3.63) is 47.8 Å². The number of rotatable bonds is 9. The summed E-state index contributed by atoms with van der Waals surface area (Å²) in [5, 5.41) is 16.0. The van der Waals surface area contributed by atoms with Crippen molar-refractivity contribution in [2.75, 3.05) is 0 Å². The van der Waals surface area contributed by atoms with Gasteiger partial charge in [-0.2, -0.15) is 5.10 Å². The first-order valence-corrected chi connectivity index (χ1v) is 8.38. The molecule has 2 rings (SSSR count). The molecule has 4 N–H and O–H groups in total. The largest absolute Gasteiger partial charge is 0.480 e. The van der Waals surface area contributed by atoms with E-state index in [4.69, 9.17) is 5.73 Å². The van der Waals surface area contributed by atoms with Gasteiger partial charge in [-0.3, -0.25) is 9.59 Å². The number of carbonyl (C=O) groups is 3. The molecule has 1 atom stereocenters. The Kier molecular flexibility index (Phi) is 6.48. The average molecular weight is 358 g/mol. The Hall–Kier alpha value is -3.16. The molecule has 0 aliphatic rings. The molecule has 8 heteroatoms. The number of primary amides is 1. The van der Waals surface area contributed by atoms with Crippen LogP contribution in [-0.4, -0.2) is 38.7 Å². The van der Waals surface area contributed by atoms with Crippen LogP contribution < -0.4 is 11.1 Å². The van der Waals surface area contributed by atoms with Crippen LogP contribution in [0.5, 0.6) is 0 Å². The molecule has 1 aromatic heterocycles. The number of nitrogens with one attached hydrogen (secondary N) is 1. The molecule has 0 unspecified atom stereocenters. The fraction of sp³-hybridized carbons (Fsp3) is 0.333. The van der Waals surface area contributed by atoms with Gasteiger partial charge in [-0.25, -0.2) is 9.48 Å². The van der Waals surface area contributed by atoms with Gasteiger partial charge in [-0.05, 0) is 25.0 Å². The van der Waals surface area contributed by atoms with E-state index in [1.54, 1.807) is 4.68 Å². The third kappa shape index (κ3) is 4.69. The molecule has 8 nitrogen and oxygen atoms in total. The molecule has 0 saturated carbocycles. The summed E-state index contributed by atoms with van der Waals surface area (Å²) in [5.41, 5.74) is 6.90. The summed E-state index contributed by atoms with van der Waals surface area (Å²) in [7, 11) is 0. The summed E-state index contributed by atoms with van der Waals surface area (Å²) < 4.78 is 1.68. The van der Waals surface area contributed by atoms with Gasteiger partial charge in [0.2, 0.25) is 5.91 Å². The van der Waals surface area contributed by atoms with Crippen molar-refractivity contribution >= 4 is 17.8 Å². The Morgan fingerprint density at radius 2 is 1.96 bits per heavy atom. The number of nitrogens with zero attached hydrogens (tertiary/aromatic N) is 2. The highest BCUT2D eigenvalue weighted by Gasteiger charge is 2.24. The Labute approximate surface area is 151 Å². The molecule has 1 heterocycles. The number of benzene rings is 1. The Morgan fingerprint density at radius 3 is 2.54 bits per heavy atom. The predicted molar refractivity (Wildman–Crippen MR) is 94.9 cm³/mol. The number of carbonyl (C=O) groups excluding carboxylic acids is 2. The minimum Gasteiger partial charge on any atom is -0.480 e. The SMILES string of the molecule is CCCc1c(C(=O)N[C@@H](CCC(N)=O)C(=O)O)cnn1-c1ccccc1. The topological polar surface area (TPSA) is 127 Å². The Morgan fingerprint density at radius 1 is 1.27 bits per heavy atom. The van der Waals surface area contributed by atoms with Gasteiger partial charge in [0.1, 0.15) is 6.04 Å². The number of nitrogens with two attached hydrogens (primary N) is 1. The van der Waals surface area contributed by atoms with Crippen LogP contribution in [0, 0.1) is 0 Å². The van der Waals surface area contributed by atoms with Crippen LogP contribution in [0.4, 0.5) is 0 Å². The lowest BCUT2D eigenvalue weighted by Gasteiger charge is -2.14. The van der Waals surface area contributed by atoms with Crippen LogP contribution >= 0.6 is 0 Å². The normalized spacial score (nSPS) is 11.7. The molecule has 0 aliphatic heterocycles. The number of aromatic nitrogens is 2. The molecule has 138 valence electrons. The molecule has 0 fully saturated rings. The maximum Gasteiger partial charge on any atom is 0.326 e. The zero-order valence-corrected chi connectivity index (χ0v) is 14.5. The van der Waals surface area contributed by atoms with E-state index in [1.807, 2.05) is 37.3 Å². The minimum absolute atomic E-state index is 0.0632. The fourth-order valence-electron chi connectivity index (χ4n) is 2.61. The maximum atomic E-state index is 12.6. The lowest BCUT2D eigenvalue weighted by Crippen LogP contribution is -2.41. The van der Waals surface area contributed by atoms with E-state index in [2.05, 4.69) is 10.4 Å². The van der Waals surface area contributed by atoms with Crippen molar-refractivity contribution < 1.29 is 19.5 Å². The van der Waals surface area contributed by atoms with E-state index in [0.717, 1.165) is 12.1 Å². The lowest BCUT2D eigenvalue weighted by atomic mass is 10.1. The highest BCUT2D eigenvalue weighted by Crippen LogP contribution is 2.17. The van der Waals surface area contributed by atoms with Crippen LogP contribution in [0.3, 0.4) is 0 Å². The van der Waals surface area contributed by atoms with Crippen molar-refractivity contribution in [2.45, 2.75) is 38.6 Å². The van der Waals surface area contributed by atoms with Crippen LogP contribution in [0.1, 0.15) is 42.2 Å². The second-order valence-electron chi connectivity index (χ2n) is 5.87. The first-order chi connectivity index (χ1) is 12.4. The third-order valence-corrected chi connectivity index (χ3v) is 3.88. The standard InChI is InChI=1S/C18H22N4O4/c1-2-6-15-13(11-20-22(15)12-7-4-3-5-8-12)17(24)21-14(18(25)26)9-10-16(19)23/h3-5,7-8,11,14H,2,6,9-10H2,1H3,(H2,19,23)(H,21,24)(H,25,26)/t14-/m0/s1. The van der Waals surface area contributed by atoms with Gasteiger partial charge in [0.05, 0.1) is 23.1 Å². The van der Waals surface area contributed by atoms with Crippen molar-refractivity contribution in [1.29, 1.82) is 0 Å². The number of carboxylic acid groups (broad SMARTS) is 1. The first-order valence-electron chi connectivity index (χ1n) is 8.38. The molecule has 0 radical (unpaired) electrons. The van der Waals surface area contributed by atoms with Crippen molar-refractivity contribution in [1.82, 2.24) is 15.1 Å². The van der Waals surface area contributed by atoms with Gasteiger partial charge < -0.3 is 16.2 Å². The third-order valence-electron chi connectivity index (χ3n) is 3.88. The molecule has 0 saturated heterocycles. The summed E-state index contributed by atoms with van der Waals surface area (Å²) in [5.74, 6) is -2.37. The van der Waals surface area contributed by atoms with Gasteiger partial charge in [-0.1, -0.05) is 31.5 Å². The highest BCUT2D eigenvalue weighted by molar-refractivity contribution is 5.97. The van der Waals surface area contributed by atoms with Crippen molar-refractivity contribution in [2.24, 2.45) is 5.73 Å². The summed E-state index contributed by atoms with van der Waals surface area (Å²) in [6.45, 7) is 1.98. The summed E-state index contributed by atoms with van der Waals surface area (Å²) in [6.07, 6.45) is 2.65. The smallest absolute Gasteiger partial charge is 0.326 e. The zero-order chi connectivity index (χ0) is 19.1. The quantitative estimate of drug-likeness (QED) is 0.622. The van der Waals surface area contributed by atoms with E-state index in [0.29, 0.717) is 17.7 Å². The number of carboxylic acids is 1. The first kappa shape index (κ1) is 19.2. The summed E-state index contributed by atoms with van der Waals surface area (Å²) in [4.78, 5) is 34.8. The van der Waals surface area contributed by atoms with Gasteiger partial charge in [0.15, 0.2) is 0 Å². The molecule has 2 amide bonds. The molecule has 0 aliphatic carbocycles. The number of hydrogen-bond acceptors (Lipinski definition) is 4. The van der Waals surface area contributed by atoms with Gasteiger partial charge in [-0.15, -0.1) is 0 Å². The van der Waals surface area contributed by atoms with Gasteiger partial charge in [0, 0.05) is 6.42 Å². The molecular weight excluding hydrogens is 336 g/mol.